The number of morpholine rings is 1. The Morgan fingerprint density at radius 1 is 1.33 bits per heavy atom. The molecule has 1 aliphatic heterocycles. The van der Waals surface area contributed by atoms with Gasteiger partial charge in [-0.2, -0.15) is 0 Å². The van der Waals surface area contributed by atoms with Crippen LogP contribution in [0.1, 0.15) is 10.4 Å². The minimum atomic E-state index is 0. The summed E-state index contributed by atoms with van der Waals surface area (Å²) in [6, 6.07) is 11.0. The number of thiazole rings is 1. The van der Waals surface area contributed by atoms with Crippen molar-refractivity contribution in [3.63, 3.8) is 0 Å². The van der Waals surface area contributed by atoms with E-state index in [2.05, 4.69) is 40.2 Å². The second kappa shape index (κ2) is 7.75. The van der Waals surface area contributed by atoms with Gasteiger partial charge in [0.1, 0.15) is 0 Å². The van der Waals surface area contributed by atoms with E-state index >= 15 is 0 Å². The molecule has 0 radical (unpaired) electrons. The van der Waals surface area contributed by atoms with Gasteiger partial charge in [-0.25, -0.2) is 4.98 Å². The number of nitrogen functional groups attached to an aromatic ring is 1. The van der Waals surface area contributed by atoms with Gasteiger partial charge in [0.05, 0.1) is 13.2 Å². The molecule has 4 nitrogen and oxygen atoms in total. The van der Waals surface area contributed by atoms with E-state index in [-0.39, 0.29) is 12.4 Å². The average molecular weight is 326 g/mol. The minimum absolute atomic E-state index is 0. The molecule has 0 bridgehead atoms. The highest BCUT2D eigenvalue weighted by Gasteiger charge is 2.23. The van der Waals surface area contributed by atoms with Gasteiger partial charge >= 0.3 is 0 Å². The lowest BCUT2D eigenvalue weighted by atomic mass is 10.0. The highest BCUT2D eigenvalue weighted by atomic mass is 35.5. The molecule has 21 heavy (non-hydrogen) atoms. The quantitative estimate of drug-likeness (QED) is 0.938. The van der Waals surface area contributed by atoms with E-state index in [1.807, 2.05) is 6.20 Å². The Hall–Kier alpha value is -1.14. The van der Waals surface area contributed by atoms with Crippen molar-refractivity contribution in [3.8, 4) is 0 Å². The maximum Gasteiger partial charge on any atom is 0.180 e. The standard InChI is InChI=1S/C15H19N3OS.ClH/c16-15-17-9-14(20-15)10-18-6-7-19-11-13(18)8-12-4-2-1-3-5-12;/h1-5,9,13H,6-8,10-11H2,(H2,16,17);1H. The van der Waals surface area contributed by atoms with E-state index < -0.39 is 0 Å². The Kier molecular flexibility index (Phi) is 5.99. The fraction of sp³-hybridized carbons (Fsp3) is 0.400. The van der Waals surface area contributed by atoms with Crippen molar-refractivity contribution in [1.29, 1.82) is 0 Å². The molecule has 0 saturated carbocycles. The lowest BCUT2D eigenvalue weighted by molar-refractivity contribution is -0.0108. The molecule has 1 saturated heterocycles. The third kappa shape index (κ3) is 4.41. The second-order valence-electron chi connectivity index (χ2n) is 5.05. The van der Waals surface area contributed by atoms with E-state index in [1.54, 1.807) is 11.3 Å². The van der Waals surface area contributed by atoms with Gasteiger partial charge in [-0.3, -0.25) is 4.90 Å². The van der Waals surface area contributed by atoms with E-state index in [9.17, 15) is 0 Å². The molecule has 0 aliphatic carbocycles. The number of nitrogens with zero attached hydrogens (tertiary/aromatic N) is 2. The second-order valence-corrected chi connectivity index (χ2v) is 6.20. The summed E-state index contributed by atoms with van der Waals surface area (Å²) in [5.41, 5.74) is 7.06. The zero-order valence-corrected chi connectivity index (χ0v) is 13.4. The number of rotatable bonds is 4. The maximum atomic E-state index is 5.71. The molecule has 114 valence electrons. The average Bonchev–Trinajstić information content (AvgIpc) is 2.88. The van der Waals surface area contributed by atoms with Crippen LogP contribution < -0.4 is 5.73 Å². The Bertz CT molecular complexity index is 549. The molecule has 1 unspecified atom stereocenters. The first kappa shape index (κ1) is 16.2. The molecule has 1 aromatic heterocycles. The summed E-state index contributed by atoms with van der Waals surface area (Å²) in [7, 11) is 0. The molecule has 0 spiro atoms. The molecule has 2 N–H and O–H groups in total. The Morgan fingerprint density at radius 2 is 2.14 bits per heavy atom. The molecule has 0 amide bonds. The van der Waals surface area contributed by atoms with Crippen molar-refractivity contribution >= 4 is 28.9 Å². The van der Waals surface area contributed by atoms with Crippen LogP contribution in [0, 0.1) is 0 Å². The zero-order valence-electron chi connectivity index (χ0n) is 11.8. The summed E-state index contributed by atoms with van der Waals surface area (Å²) in [6.07, 6.45) is 2.91. The summed E-state index contributed by atoms with van der Waals surface area (Å²) in [5.74, 6) is 0. The molecule has 1 atom stereocenters. The predicted molar refractivity (Wildman–Crippen MR) is 88.9 cm³/mol. The molecule has 6 heteroatoms. The van der Waals surface area contributed by atoms with Crippen LogP contribution in [0.2, 0.25) is 0 Å². The van der Waals surface area contributed by atoms with Gasteiger partial charge in [0.2, 0.25) is 0 Å². The number of aromatic nitrogens is 1. The molecule has 1 aliphatic rings. The van der Waals surface area contributed by atoms with Crippen LogP contribution in [0.25, 0.3) is 0 Å². The topological polar surface area (TPSA) is 51.4 Å². The lowest BCUT2D eigenvalue weighted by Gasteiger charge is -2.35. The number of benzene rings is 1. The highest BCUT2D eigenvalue weighted by molar-refractivity contribution is 7.15. The first-order valence-electron chi connectivity index (χ1n) is 6.87. The van der Waals surface area contributed by atoms with E-state index in [0.717, 1.165) is 32.7 Å². The van der Waals surface area contributed by atoms with Gasteiger partial charge < -0.3 is 10.5 Å². The number of ether oxygens (including phenoxy) is 1. The number of nitrogens with two attached hydrogens (primary N) is 1. The highest BCUT2D eigenvalue weighted by Crippen LogP contribution is 2.20. The van der Waals surface area contributed by atoms with E-state index in [1.165, 1.54) is 10.4 Å². The van der Waals surface area contributed by atoms with Crippen LogP contribution in [-0.2, 0) is 17.7 Å². The van der Waals surface area contributed by atoms with E-state index in [4.69, 9.17) is 10.5 Å². The largest absolute Gasteiger partial charge is 0.378 e. The number of hydrogen-bond donors (Lipinski definition) is 1. The summed E-state index contributed by atoms with van der Waals surface area (Å²) in [5, 5.41) is 0.646. The fourth-order valence-corrected chi connectivity index (χ4v) is 3.28. The molecule has 2 heterocycles. The Morgan fingerprint density at radius 3 is 2.86 bits per heavy atom. The van der Waals surface area contributed by atoms with Crippen LogP contribution in [0.15, 0.2) is 36.5 Å². The van der Waals surface area contributed by atoms with Gasteiger partial charge in [0, 0.05) is 30.2 Å². The zero-order chi connectivity index (χ0) is 13.8. The molecular weight excluding hydrogens is 306 g/mol. The molecule has 3 rings (SSSR count). The lowest BCUT2D eigenvalue weighted by Crippen LogP contribution is -2.45. The van der Waals surface area contributed by atoms with Crippen LogP contribution in [0.5, 0.6) is 0 Å². The first-order chi connectivity index (χ1) is 9.81. The van der Waals surface area contributed by atoms with Crippen molar-refractivity contribution in [3.05, 3.63) is 47.0 Å². The minimum Gasteiger partial charge on any atom is -0.378 e. The number of hydrogen-bond acceptors (Lipinski definition) is 5. The van der Waals surface area contributed by atoms with Crippen LogP contribution >= 0.6 is 23.7 Å². The summed E-state index contributed by atoms with van der Waals surface area (Å²) in [6.45, 7) is 3.48. The van der Waals surface area contributed by atoms with Crippen molar-refractivity contribution in [2.45, 2.75) is 19.0 Å². The maximum absolute atomic E-state index is 5.71. The van der Waals surface area contributed by atoms with Crippen LogP contribution in [0.4, 0.5) is 5.13 Å². The number of anilines is 1. The van der Waals surface area contributed by atoms with Gasteiger partial charge in [-0.1, -0.05) is 30.3 Å². The molecular formula is C15H20ClN3OS. The molecule has 1 aromatic carbocycles. The molecule has 2 aromatic rings. The molecule has 1 fully saturated rings. The summed E-state index contributed by atoms with van der Waals surface area (Å²) in [4.78, 5) is 7.83. The van der Waals surface area contributed by atoms with Crippen molar-refractivity contribution in [2.24, 2.45) is 0 Å². The third-order valence-electron chi connectivity index (χ3n) is 3.59. The number of halogens is 1. The van der Waals surface area contributed by atoms with Gasteiger partial charge in [-0.05, 0) is 12.0 Å². The van der Waals surface area contributed by atoms with Crippen molar-refractivity contribution < 1.29 is 4.74 Å². The predicted octanol–water partition coefficient (Wildman–Crippen LogP) is 2.59. The van der Waals surface area contributed by atoms with Crippen molar-refractivity contribution in [2.75, 3.05) is 25.5 Å². The Balaban J connectivity index is 0.00000161. The van der Waals surface area contributed by atoms with Crippen molar-refractivity contribution in [1.82, 2.24) is 9.88 Å². The van der Waals surface area contributed by atoms with Crippen LogP contribution in [0.3, 0.4) is 0 Å². The summed E-state index contributed by atoms with van der Waals surface area (Å²) < 4.78 is 5.65. The third-order valence-corrected chi connectivity index (χ3v) is 4.41. The fourth-order valence-electron chi connectivity index (χ4n) is 2.57. The van der Waals surface area contributed by atoms with Gasteiger partial charge in [-0.15, -0.1) is 23.7 Å². The van der Waals surface area contributed by atoms with Gasteiger partial charge in [0.15, 0.2) is 5.13 Å². The van der Waals surface area contributed by atoms with Crippen LogP contribution in [-0.4, -0.2) is 35.7 Å². The van der Waals surface area contributed by atoms with Gasteiger partial charge in [0.25, 0.3) is 0 Å². The van der Waals surface area contributed by atoms with E-state index in [0.29, 0.717) is 11.2 Å². The smallest absolute Gasteiger partial charge is 0.180 e. The first-order valence-corrected chi connectivity index (χ1v) is 7.69. The Labute approximate surface area is 135 Å². The monoisotopic (exact) mass is 325 g/mol. The summed E-state index contributed by atoms with van der Waals surface area (Å²) >= 11 is 1.57. The normalized spacial score (nSPS) is 19.1. The SMILES string of the molecule is Cl.Nc1ncc(CN2CCOCC2Cc2ccccc2)s1.